The van der Waals surface area contributed by atoms with Crippen LogP contribution in [0.5, 0.6) is 5.75 Å². The van der Waals surface area contributed by atoms with Gasteiger partial charge in [0.25, 0.3) is 0 Å². The Hall–Kier alpha value is -2.06. The molecule has 0 aliphatic heterocycles. The molecule has 0 saturated carbocycles. The summed E-state index contributed by atoms with van der Waals surface area (Å²) >= 11 is 1.41. The molecule has 27 heavy (non-hydrogen) atoms. The molecule has 8 heteroatoms. The molecule has 0 aliphatic rings. The summed E-state index contributed by atoms with van der Waals surface area (Å²) in [4.78, 5) is 12.0. The Morgan fingerprint density at radius 3 is 2.59 bits per heavy atom. The second-order valence-electron chi connectivity index (χ2n) is 6.52. The zero-order valence-corrected chi connectivity index (χ0v) is 17.2. The van der Waals surface area contributed by atoms with Gasteiger partial charge in [-0.2, -0.15) is 0 Å². The van der Waals surface area contributed by atoms with Crippen molar-refractivity contribution in [1.82, 2.24) is 20.1 Å². The molecule has 1 heterocycles. The molecule has 0 bridgehead atoms. The number of hydrogen-bond donors (Lipinski definition) is 1. The van der Waals surface area contributed by atoms with E-state index >= 15 is 0 Å². The molecule has 0 spiro atoms. The van der Waals surface area contributed by atoms with E-state index in [1.807, 2.05) is 24.3 Å². The fraction of sp³-hybridized carbons (Fsp3) is 0.526. The van der Waals surface area contributed by atoms with Crippen molar-refractivity contribution in [2.75, 3.05) is 33.1 Å². The highest BCUT2D eigenvalue weighted by molar-refractivity contribution is 7.99. The van der Waals surface area contributed by atoms with E-state index < -0.39 is 0 Å². The maximum atomic E-state index is 12.0. The first-order chi connectivity index (χ1) is 13.0. The molecule has 148 valence electrons. The van der Waals surface area contributed by atoms with Crippen molar-refractivity contribution in [1.29, 1.82) is 0 Å². The van der Waals surface area contributed by atoms with Gasteiger partial charge in [-0.1, -0.05) is 25.6 Å². The maximum Gasteiger partial charge on any atom is 0.230 e. The van der Waals surface area contributed by atoms with Crippen molar-refractivity contribution in [2.24, 2.45) is 5.92 Å². The standard InChI is InChI=1S/C19H28N4O3S/c1-14(2)12-23-18(15-6-8-16(26-4)9-7-15)21-22-19(23)27-13-17(24)20-10-5-11-25-3/h6-9,14H,5,10-13H2,1-4H3,(H,20,24). The Morgan fingerprint density at radius 1 is 1.22 bits per heavy atom. The van der Waals surface area contributed by atoms with Gasteiger partial charge in [-0.3, -0.25) is 4.79 Å². The molecular weight excluding hydrogens is 364 g/mol. The number of amides is 1. The Balaban J connectivity index is 2.07. The van der Waals surface area contributed by atoms with E-state index in [1.165, 1.54) is 11.8 Å². The topological polar surface area (TPSA) is 78.3 Å². The second kappa shape index (κ2) is 10.9. The van der Waals surface area contributed by atoms with Crippen LogP contribution >= 0.6 is 11.8 Å². The Labute approximate surface area is 164 Å². The van der Waals surface area contributed by atoms with Crippen LogP contribution in [0.2, 0.25) is 0 Å². The summed E-state index contributed by atoms with van der Waals surface area (Å²) in [6.45, 7) is 6.33. The van der Waals surface area contributed by atoms with Crippen LogP contribution in [0, 0.1) is 5.92 Å². The number of nitrogens with zero attached hydrogens (tertiary/aromatic N) is 3. The van der Waals surface area contributed by atoms with E-state index in [9.17, 15) is 4.79 Å². The molecule has 0 fully saturated rings. The number of thioether (sulfide) groups is 1. The van der Waals surface area contributed by atoms with Gasteiger partial charge in [0.1, 0.15) is 5.75 Å². The normalized spacial score (nSPS) is 11.0. The van der Waals surface area contributed by atoms with E-state index in [4.69, 9.17) is 9.47 Å². The van der Waals surface area contributed by atoms with Crippen LogP contribution in [-0.4, -0.2) is 53.8 Å². The van der Waals surface area contributed by atoms with Crippen LogP contribution in [0.15, 0.2) is 29.4 Å². The lowest BCUT2D eigenvalue weighted by atomic mass is 10.2. The lowest BCUT2D eigenvalue weighted by Crippen LogP contribution is -2.27. The molecule has 0 aliphatic carbocycles. The predicted octanol–water partition coefficient (Wildman–Crippen LogP) is 2.85. The largest absolute Gasteiger partial charge is 0.497 e. The number of methoxy groups -OCH3 is 2. The number of benzene rings is 1. The summed E-state index contributed by atoms with van der Waals surface area (Å²) in [5.74, 6) is 2.33. The first-order valence-corrected chi connectivity index (χ1v) is 9.99. The van der Waals surface area contributed by atoms with Crippen molar-refractivity contribution in [3.05, 3.63) is 24.3 Å². The molecule has 0 unspecified atom stereocenters. The zero-order chi connectivity index (χ0) is 19.6. The maximum absolute atomic E-state index is 12.0. The number of aromatic nitrogens is 3. The molecule has 7 nitrogen and oxygen atoms in total. The van der Waals surface area contributed by atoms with Gasteiger partial charge in [0.05, 0.1) is 12.9 Å². The SMILES string of the molecule is COCCCNC(=O)CSc1nnc(-c2ccc(OC)cc2)n1CC(C)C. The van der Waals surface area contributed by atoms with Gasteiger partial charge in [-0.25, -0.2) is 0 Å². The van der Waals surface area contributed by atoms with Gasteiger partial charge >= 0.3 is 0 Å². The quantitative estimate of drug-likeness (QED) is 0.468. The van der Waals surface area contributed by atoms with Crippen molar-refractivity contribution >= 4 is 17.7 Å². The molecule has 1 amide bonds. The number of ether oxygens (including phenoxy) is 2. The highest BCUT2D eigenvalue weighted by Crippen LogP contribution is 2.26. The van der Waals surface area contributed by atoms with Crippen LogP contribution in [0.1, 0.15) is 20.3 Å². The number of nitrogens with one attached hydrogen (secondary N) is 1. The molecule has 1 N–H and O–H groups in total. The number of hydrogen-bond acceptors (Lipinski definition) is 6. The number of carbonyl (C=O) groups is 1. The summed E-state index contributed by atoms with van der Waals surface area (Å²) in [6.07, 6.45) is 0.804. The lowest BCUT2D eigenvalue weighted by Gasteiger charge is -2.13. The first kappa shape index (κ1) is 21.2. The van der Waals surface area contributed by atoms with Crippen molar-refractivity contribution < 1.29 is 14.3 Å². The van der Waals surface area contributed by atoms with Gasteiger partial charge < -0.3 is 19.4 Å². The van der Waals surface area contributed by atoms with Gasteiger partial charge in [-0.05, 0) is 36.6 Å². The average molecular weight is 393 g/mol. The predicted molar refractivity (Wildman–Crippen MR) is 107 cm³/mol. The first-order valence-electron chi connectivity index (χ1n) is 9.01. The molecule has 2 aromatic rings. The van der Waals surface area contributed by atoms with E-state index in [1.54, 1.807) is 14.2 Å². The summed E-state index contributed by atoms with van der Waals surface area (Å²) in [6, 6.07) is 7.75. The molecule has 0 radical (unpaired) electrons. The summed E-state index contributed by atoms with van der Waals surface area (Å²) in [5, 5.41) is 12.3. The molecule has 1 aromatic heterocycles. The van der Waals surface area contributed by atoms with Crippen LogP contribution in [0.25, 0.3) is 11.4 Å². The minimum atomic E-state index is -0.0128. The Bertz CT molecular complexity index is 716. The fourth-order valence-corrected chi connectivity index (χ4v) is 3.28. The minimum absolute atomic E-state index is 0.0128. The third kappa shape index (κ3) is 6.55. The number of carbonyl (C=O) groups excluding carboxylic acids is 1. The highest BCUT2D eigenvalue weighted by Gasteiger charge is 2.16. The highest BCUT2D eigenvalue weighted by atomic mass is 32.2. The number of rotatable bonds is 11. The van der Waals surface area contributed by atoms with Crippen molar-refractivity contribution in [3.8, 4) is 17.1 Å². The third-order valence-electron chi connectivity index (χ3n) is 3.79. The van der Waals surface area contributed by atoms with Crippen molar-refractivity contribution in [3.63, 3.8) is 0 Å². The van der Waals surface area contributed by atoms with Gasteiger partial charge in [0.2, 0.25) is 5.91 Å². The monoisotopic (exact) mass is 392 g/mol. The van der Waals surface area contributed by atoms with E-state index in [-0.39, 0.29) is 5.91 Å². The zero-order valence-electron chi connectivity index (χ0n) is 16.4. The second-order valence-corrected chi connectivity index (χ2v) is 7.47. The lowest BCUT2D eigenvalue weighted by molar-refractivity contribution is -0.118. The average Bonchev–Trinajstić information content (AvgIpc) is 3.05. The molecule has 0 atom stereocenters. The van der Waals surface area contributed by atoms with E-state index in [0.717, 1.165) is 35.3 Å². The van der Waals surface area contributed by atoms with Crippen LogP contribution in [-0.2, 0) is 16.1 Å². The third-order valence-corrected chi connectivity index (χ3v) is 4.76. The van der Waals surface area contributed by atoms with Gasteiger partial charge in [0, 0.05) is 32.4 Å². The molecule has 2 rings (SSSR count). The summed E-state index contributed by atoms with van der Waals surface area (Å²) in [5.41, 5.74) is 0.972. The summed E-state index contributed by atoms with van der Waals surface area (Å²) < 4.78 is 12.3. The van der Waals surface area contributed by atoms with Gasteiger partial charge in [-0.15, -0.1) is 10.2 Å². The van der Waals surface area contributed by atoms with Gasteiger partial charge in [0.15, 0.2) is 11.0 Å². The van der Waals surface area contributed by atoms with Crippen LogP contribution in [0.3, 0.4) is 0 Å². The van der Waals surface area contributed by atoms with Crippen LogP contribution in [0.4, 0.5) is 0 Å². The van der Waals surface area contributed by atoms with Crippen molar-refractivity contribution in [2.45, 2.75) is 32.0 Å². The Kier molecular flexibility index (Phi) is 8.60. The van der Waals surface area contributed by atoms with Crippen LogP contribution < -0.4 is 10.1 Å². The molecular formula is C19H28N4O3S. The molecule has 1 aromatic carbocycles. The van der Waals surface area contributed by atoms with E-state index in [0.29, 0.717) is 24.8 Å². The Morgan fingerprint density at radius 2 is 1.96 bits per heavy atom. The smallest absolute Gasteiger partial charge is 0.230 e. The summed E-state index contributed by atoms with van der Waals surface area (Å²) in [7, 11) is 3.30. The fourth-order valence-electron chi connectivity index (χ4n) is 2.50. The molecule has 0 saturated heterocycles. The van der Waals surface area contributed by atoms with E-state index in [2.05, 4.69) is 33.9 Å². The minimum Gasteiger partial charge on any atom is -0.497 e.